The summed E-state index contributed by atoms with van der Waals surface area (Å²) in [5.74, 6) is -0.958. The second-order valence-corrected chi connectivity index (χ2v) is 7.70. The molecule has 2 aliphatic rings. The molecule has 0 N–H and O–H groups in total. The number of allylic oxidation sites excluding steroid dienone is 2. The van der Waals surface area contributed by atoms with E-state index < -0.39 is 11.9 Å². The van der Waals surface area contributed by atoms with Crippen LogP contribution < -0.4 is 0 Å². The van der Waals surface area contributed by atoms with Gasteiger partial charge in [0.05, 0.1) is 25.4 Å². The molecule has 0 aromatic carbocycles. The largest absolute Gasteiger partial charge is 0.466 e. The molecule has 0 aromatic heterocycles. The number of rotatable bonds is 3. The molecule has 0 spiro atoms. The predicted molar refractivity (Wildman–Crippen MR) is 88.7 cm³/mol. The van der Waals surface area contributed by atoms with Crippen LogP contribution in [-0.4, -0.2) is 26.2 Å². The molecule has 23 heavy (non-hydrogen) atoms. The standard InChI is InChI=1S/C19H28O4/c1-12-10-13(16(20)22-5)15(17(21)23-6)14(11-12)19(4)9-7-8-18(19,2)3/h11,14H,7-10H2,1-6H3/t14?,19-/m0/s1. The number of carbonyl (C=O) groups is 2. The number of esters is 2. The van der Waals surface area contributed by atoms with Gasteiger partial charge < -0.3 is 9.47 Å². The zero-order chi connectivity index (χ0) is 17.4. The maximum atomic E-state index is 12.5. The minimum absolute atomic E-state index is 0.0858. The summed E-state index contributed by atoms with van der Waals surface area (Å²) in [7, 11) is 2.72. The summed E-state index contributed by atoms with van der Waals surface area (Å²) in [5, 5.41) is 0. The van der Waals surface area contributed by atoms with Crippen LogP contribution >= 0.6 is 0 Å². The zero-order valence-corrected chi connectivity index (χ0v) is 15.1. The molecule has 0 aliphatic heterocycles. The van der Waals surface area contributed by atoms with E-state index >= 15 is 0 Å². The number of methoxy groups -OCH3 is 2. The Morgan fingerprint density at radius 2 is 1.70 bits per heavy atom. The van der Waals surface area contributed by atoms with Crippen molar-refractivity contribution in [1.29, 1.82) is 0 Å². The van der Waals surface area contributed by atoms with Crippen molar-refractivity contribution in [2.75, 3.05) is 14.2 Å². The van der Waals surface area contributed by atoms with Gasteiger partial charge in [0.1, 0.15) is 0 Å². The van der Waals surface area contributed by atoms with E-state index in [4.69, 9.17) is 9.47 Å². The summed E-state index contributed by atoms with van der Waals surface area (Å²) in [4.78, 5) is 24.8. The van der Waals surface area contributed by atoms with Gasteiger partial charge in [0, 0.05) is 12.3 Å². The fourth-order valence-electron chi connectivity index (χ4n) is 4.25. The molecular weight excluding hydrogens is 292 g/mol. The van der Waals surface area contributed by atoms with Crippen LogP contribution in [0.1, 0.15) is 53.4 Å². The lowest BCUT2D eigenvalue weighted by molar-refractivity contribution is -0.140. The highest BCUT2D eigenvalue weighted by Crippen LogP contribution is 2.60. The molecule has 4 nitrogen and oxygen atoms in total. The van der Waals surface area contributed by atoms with Crippen molar-refractivity contribution in [3.63, 3.8) is 0 Å². The molecule has 2 atom stereocenters. The van der Waals surface area contributed by atoms with Gasteiger partial charge in [-0.2, -0.15) is 0 Å². The van der Waals surface area contributed by atoms with Crippen molar-refractivity contribution in [2.24, 2.45) is 16.7 Å². The average Bonchev–Trinajstić information content (AvgIpc) is 2.79. The van der Waals surface area contributed by atoms with Crippen LogP contribution in [-0.2, 0) is 19.1 Å². The van der Waals surface area contributed by atoms with E-state index in [0.29, 0.717) is 17.6 Å². The van der Waals surface area contributed by atoms with E-state index in [0.717, 1.165) is 24.8 Å². The van der Waals surface area contributed by atoms with Crippen LogP contribution in [0.3, 0.4) is 0 Å². The van der Waals surface area contributed by atoms with E-state index in [2.05, 4.69) is 26.8 Å². The van der Waals surface area contributed by atoms with E-state index in [9.17, 15) is 9.59 Å². The monoisotopic (exact) mass is 320 g/mol. The van der Waals surface area contributed by atoms with Crippen LogP contribution in [0.4, 0.5) is 0 Å². The number of carbonyl (C=O) groups excluding carboxylic acids is 2. The molecular formula is C19H28O4. The Bertz CT molecular complexity index is 582. The second-order valence-electron chi connectivity index (χ2n) is 7.70. The number of hydrogen-bond acceptors (Lipinski definition) is 4. The molecule has 1 saturated carbocycles. The Labute approximate surface area is 138 Å². The zero-order valence-electron chi connectivity index (χ0n) is 15.1. The lowest BCUT2D eigenvalue weighted by atomic mass is 9.58. The van der Waals surface area contributed by atoms with Gasteiger partial charge in [0.25, 0.3) is 0 Å². The third-order valence-corrected chi connectivity index (χ3v) is 6.11. The van der Waals surface area contributed by atoms with Gasteiger partial charge >= 0.3 is 11.9 Å². The number of ether oxygens (including phenoxy) is 2. The average molecular weight is 320 g/mol. The minimum Gasteiger partial charge on any atom is -0.466 e. The van der Waals surface area contributed by atoms with Crippen LogP contribution in [0.5, 0.6) is 0 Å². The van der Waals surface area contributed by atoms with Crippen LogP contribution in [0.25, 0.3) is 0 Å². The molecule has 0 saturated heterocycles. The third kappa shape index (κ3) is 2.84. The highest BCUT2D eigenvalue weighted by molar-refractivity contribution is 6.02. The first-order valence-corrected chi connectivity index (χ1v) is 8.25. The van der Waals surface area contributed by atoms with Gasteiger partial charge in [0.15, 0.2) is 0 Å². The first-order chi connectivity index (χ1) is 10.7. The fourth-order valence-corrected chi connectivity index (χ4v) is 4.25. The Morgan fingerprint density at radius 3 is 2.17 bits per heavy atom. The molecule has 0 bridgehead atoms. The van der Waals surface area contributed by atoms with E-state index in [1.807, 2.05) is 6.92 Å². The second kappa shape index (κ2) is 6.14. The van der Waals surface area contributed by atoms with Gasteiger partial charge in [0.2, 0.25) is 0 Å². The van der Waals surface area contributed by atoms with Crippen molar-refractivity contribution in [3.05, 3.63) is 22.8 Å². The summed E-state index contributed by atoms with van der Waals surface area (Å²) < 4.78 is 9.95. The van der Waals surface area contributed by atoms with Crippen molar-refractivity contribution in [3.8, 4) is 0 Å². The maximum Gasteiger partial charge on any atom is 0.334 e. The smallest absolute Gasteiger partial charge is 0.334 e. The van der Waals surface area contributed by atoms with Crippen molar-refractivity contribution in [2.45, 2.75) is 53.4 Å². The highest BCUT2D eigenvalue weighted by Gasteiger charge is 2.52. The SMILES string of the molecule is COC(=O)C1=C(C(=O)OC)C([C@]2(C)CCCC2(C)C)C=C(C)C1. The van der Waals surface area contributed by atoms with E-state index in [-0.39, 0.29) is 16.7 Å². The molecule has 2 rings (SSSR count). The van der Waals surface area contributed by atoms with Crippen LogP contribution in [0.2, 0.25) is 0 Å². The predicted octanol–water partition coefficient (Wildman–Crippen LogP) is 3.81. The molecule has 0 amide bonds. The molecule has 1 fully saturated rings. The van der Waals surface area contributed by atoms with Gasteiger partial charge in [-0.25, -0.2) is 9.59 Å². The van der Waals surface area contributed by atoms with Gasteiger partial charge in [-0.15, -0.1) is 0 Å². The summed E-state index contributed by atoms with van der Waals surface area (Å²) in [6, 6.07) is 0. The molecule has 2 aliphatic carbocycles. The summed E-state index contributed by atoms with van der Waals surface area (Å²) >= 11 is 0. The van der Waals surface area contributed by atoms with Gasteiger partial charge in [-0.1, -0.05) is 38.8 Å². The van der Waals surface area contributed by atoms with Gasteiger partial charge in [-0.05, 0) is 30.6 Å². The first kappa shape index (κ1) is 17.8. The molecule has 0 radical (unpaired) electrons. The van der Waals surface area contributed by atoms with Gasteiger partial charge in [-0.3, -0.25) is 0 Å². The van der Waals surface area contributed by atoms with Crippen molar-refractivity contribution in [1.82, 2.24) is 0 Å². The van der Waals surface area contributed by atoms with E-state index in [1.165, 1.54) is 14.2 Å². The van der Waals surface area contributed by atoms with E-state index in [1.54, 1.807) is 0 Å². The first-order valence-electron chi connectivity index (χ1n) is 8.25. The quantitative estimate of drug-likeness (QED) is 0.586. The summed E-state index contributed by atoms with van der Waals surface area (Å²) in [5.41, 5.74) is 2.05. The molecule has 0 aromatic rings. The number of hydrogen-bond donors (Lipinski definition) is 0. The Hall–Kier alpha value is -1.58. The minimum atomic E-state index is -0.428. The lowest BCUT2D eigenvalue weighted by Crippen LogP contribution is -2.41. The molecule has 0 heterocycles. The Kier molecular flexibility index (Phi) is 4.74. The normalized spacial score (nSPS) is 30.0. The Morgan fingerprint density at radius 1 is 1.09 bits per heavy atom. The maximum absolute atomic E-state index is 12.5. The summed E-state index contributed by atoms with van der Waals surface area (Å²) in [6.07, 6.45) is 5.89. The van der Waals surface area contributed by atoms with Crippen molar-refractivity contribution < 1.29 is 19.1 Å². The Balaban J connectivity index is 2.63. The lowest BCUT2D eigenvalue weighted by Gasteiger charge is -2.45. The van der Waals surface area contributed by atoms with Crippen LogP contribution in [0, 0.1) is 16.7 Å². The molecule has 1 unspecified atom stereocenters. The summed E-state index contributed by atoms with van der Waals surface area (Å²) in [6.45, 7) is 8.75. The third-order valence-electron chi connectivity index (χ3n) is 6.11. The topological polar surface area (TPSA) is 52.6 Å². The van der Waals surface area contributed by atoms with Crippen molar-refractivity contribution >= 4 is 11.9 Å². The van der Waals surface area contributed by atoms with Crippen LogP contribution in [0.15, 0.2) is 22.8 Å². The fraction of sp³-hybridized carbons (Fsp3) is 0.684. The molecule has 4 heteroatoms. The molecule has 128 valence electrons. The highest BCUT2D eigenvalue weighted by atomic mass is 16.5.